The topological polar surface area (TPSA) is 59.3 Å². The average molecular weight is 439 g/mol. The van der Waals surface area contributed by atoms with Crippen molar-refractivity contribution >= 4 is 51.5 Å². The van der Waals surface area contributed by atoms with Crippen molar-refractivity contribution in [2.75, 3.05) is 11.1 Å². The lowest BCUT2D eigenvalue weighted by Crippen LogP contribution is -2.13. The molecule has 2 heterocycles. The summed E-state index contributed by atoms with van der Waals surface area (Å²) < 4.78 is 2.10. The average Bonchev–Trinajstić information content (AvgIpc) is 3.07. The molecule has 7 heteroatoms. The van der Waals surface area contributed by atoms with Gasteiger partial charge in [0.15, 0.2) is 10.8 Å². The standard InChI is InChI=1S/C23H23ClN4OS/c1-13-9-16(4)22-18(10-13)15(3)11-20-26-27-23(28(20)22)30-8-7-21(29)25-19-12-17(24)6-5-14(19)2/h5-6,9-12H,7-8H2,1-4H3,(H,25,29). The van der Waals surface area contributed by atoms with Crippen molar-refractivity contribution in [1.82, 2.24) is 14.6 Å². The Hall–Kier alpha value is -2.57. The zero-order valence-electron chi connectivity index (χ0n) is 17.4. The van der Waals surface area contributed by atoms with Crippen LogP contribution in [0.1, 0.15) is 28.7 Å². The molecule has 154 valence electrons. The Balaban J connectivity index is 1.54. The minimum Gasteiger partial charge on any atom is -0.326 e. The van der Waals surface area contributed by atoms with Crippen LogP contribution in [0, 0.1) is 27.7 Å². The second-order valence-electron chi connectivity index (χ2n) is 7.59. The van der Waals surface area contributed by atoms with E-state index in [-0.39, 0.29) is 5.91 Å². The lowest BCUT2D eigenvalue weighted by molar-refractivity contribution is -0.115. The van der Waals surface area contributed by atoms with Gasteiger partial charge in [0.25, 0.3) is 0 Å². The van der Waals surface area contributed by atoms with Gasteiger partial charge in [-0.2, -0.15) is 0 Å². The van der Waals surface area contributed by atoms with E-state index in [1.165, 1.54) is 33.8 Å². The summed E-state index contributed by atoms with van der Waals surface area (Å²) in [6.45, 7) is 8.27. The van der Waals surface area contributed by atoms with E-state index in [1.807, 2.05) is 19.1 Å². The van der Waals surface area contributed by atoms with Gasteiger partial charge in [-0.1, -0.05) is 41.1 Å². The van der Waals surface area contributed by atoms with E-state index >= 15 is 0 Å². The fourth-order valence-corrected chi connectivity index (χ4v) is 4.74. The molecular weight excluding hydrogens is 416 g/mol. The number of halogens is 1. The monoisotopic (exact) mass is 438 g/mol. The van der Waals surface area contributed by atoms with E-state index < -0.39 is 0 Å². The van der Waals surface area contributed by atoms with Crippen molar-refractivity contribution in [3.05, 3.63) is 63.7 Å². The third kappa shape index (κ3) is 4.02. The molecular formula is C23H23ClN4OS. The van der Waals surface area contributed by atoms with Gasteiger partial charge < -0.3 is 5.32 Å². The summed E-state index contributed by atoms with van der Waals surface area (Å²) in [6, 6.07) is 11.9. The molecule has 0 unspecified atom stereocenters. The first kappa shape index (κ1) is 20.7. The van der Waals surface area contributed by atoms with Gasteiger partial charge in [-0.25, -0.2) is 0 Å². The number of aromatic nitrogens is 3. The zero-order valence-corrected chi connectivity index (χ0v) is 19.0. The van der Waals surface area contributed by atoms with Gasteiger partial charge in [0.1, 0.15) is 0 Å². The molecule has 0 fully saturated rings. The van der Waals surface area contributed by atoms with E-state index in [2.05, 4.69) is 58.9 Å². The number of nitrogens with zero attached hydrogens (tertiary/aromatic N) is 3. The van der Waals surface area contributed by atoms with Gasteiger partial charge in [0.05, 0.1) is 5.52 Å². The maximum absolute atomic E-state index is 12.4. The second kappa shape index (κ2) is 8.28. The Kier molecular flexibility index (Phi) is 5.71. The number of nitrogens with one attached hydrogen (secondary N) is 1. The molecule has 2 aromatic heterocycles. The lowest BCUT2D eigenvalue weighted by Gasteiger charge is -2.11. The molecule has 4 aromatic rings. The smallest absolute Gasteiger partial charge is 0.225 e. The number of anilines is 1. The minimum atomic E-state index is -0.0470. The van der Waals surface area contributed by atoms with E-state index in [9.17, 15) is 4.79 Å². The van der Waals surface area contributed by atoms with Crippen LogP contribution in [0.2, 0.25) is 5.02 Å². The molecule has 5 nitrogen and oxygen atoms in total. The molecule has 4 rings (SSSR count). The number of pyridine rings is 1. The third-order valence-electron chi connectivity index (χ3n) is 5.13. The number of hydrogen-bond acceptors (Lipinski definition) is 4. The molecule has 0 saturated heterocycles. The van der Waals surface area contributed by atoms with Gasteiger partial charge in [0, 0.05) is 28.3 Å². The summed E-state index contributed by atoms with van der Waals surface area (Å²) in [6.07, 6.45) is 0.368. The summed E-state index contributed by atoms with van der Waals surface area (Å²) in [4.78, 5) is 12.4. The number of thioether (sulfide) groups is 1. The normalized spacial score (nSPS) is 11.4. The molecule has 0 spiro atoms. The molecule has 0 aliphatic rings. The van der Waals surface area contributed by atoms with Crippen LogP contribution >= 0.6 is 23.4 Å². The Bertz CT molecular complexity index is 1280. The third-order valence-corrected chi connectivity index (χ3v) is 6.30. The van der Waals surface area contributed by atoms with Crippen molar-refractivity contribution in [1.29, 1.82) is 0 Å². The summed E-state index contributed by atoms with van der Waals surface area (Å²) in [5.41, 5.74) is 7.29. The van der Waals surface area contributed by atoms with E-state index in [1.54, 1.807) is 6.07 Å². The van der Waals surface area contributed by atoms with Crippen LogP contribution in [0.4, 0.5) is 5.69 Å². The summed E-state index contributed by atoms with van der Waals surface area (Å²) in [5.74, 6) is 0.557. The van der Waals surface area contributed by atoms with Gasteiger partial charge in [-0.05, 0) is 68.7 Å². The fourth-order valence-electron chi connectivity index (χ4n) is 3.68. The number of hydrogen-bond donors (Lipinski definition) is 1. The highest BCUT2D eigenvalue weighted by molar-refractivity contribution is 7.99. The highest BCUT2D eigenvalue weighted by Gasteiger charge is 2.14. The predicted molar refractivity (Wildman–Crippen MR) is 125 cm³/mol. The van der Waals surface area contributed by atoms with Gasteiger partial charge in [0.2, 0.25) is 5.91 Å². The maximum atomic E-state index is 12.4. The van der Waals surface area contributed by atoms with Gasteiger partial charge in [-0.15, -0.1) is 10.2 Å². The largest absolute Gasteiger partial charge is 0.326 e. The number of carbonyl (C=O) groups excluding carboxylic acids is 1. The molecule has 30 heavy (non-hydrogen) atoms. The first-order valence-electron chi connectivity index (χ1n) is 9.78. The van der Waals surface area contributed by atoms with Crippen LogP contribution in [-0.2, 0) is 4.79 Å². The fraction of sp³-hybridized carbons (Fsp3) is 0.261. The number of benzene rings is 2. The Labute approximate surface area is 184 Å². The predicted octanol–water partition coefficient (Wildman–Crippen LogP) is 5.89. The first-order chi connectivity index (χ1) is 14.3. The van der Waals surface area contributed by atoms with Crippen molar-refractivity contribution in [2.24, 2.45) is 0 Å². The van der Waals surface area contributed by atoms with E-state index in [0.29, 0.717) is 17.2 Å². The number of amides is 1. The van der Waals surface area contributed by atoms with E-state index in [4.69, 9.17) is 11.6 Å². The van der Waals surface area contributed by atoms with Crippen molar-refractivity contribution < 1.29 is 4.79 Å². The summed E-state index contributed by atoms with van der Waals surface area (Å²) in [5, 5.41) is 14.3. The minimum absolute atomic E-state index is 0.0470. The molecule has 0 radical (unpaired) electrons. The maximum Gasteiger partial charge on any atom is 0.225 e. The SMILES string of the molecule is Cc1cc(C)c2c(c1)c(C)cc1nnc(SCCC(=O)Nc3cc(Cl)ccc3C)n12. The zero-order chi connectivity index (χ0) is 21.4. The number of carbonyl (C=O) groups is 1. The highest BCUT2D eigenvalue weighted by Crippen LogP contribution is 2.29. The van der Waals surface area contributed by atoms with Crippen molar-refractivity contribution in [3.8, 4) is 0 Å². The van der Waals surface area contributed by atoms with Crippen LogP contribution in [0.5, 0.6) is 0 Å². The van der Waals surface area contributed by atoms with Crippen LogP contribution < -0.4 is 5.32 Å². The lowest BCUT2D eigenvalue weighted by atomic mass is 10.0. The van der Waals surface area contributed by atoms with Crippen LogP contribution in [0.15, 0.2) is 41.6 Å². The molecule has 1 amide bonds. The Morgan fingerprint density at radius 1 is 1.03 bits per heavy atom. The number of fused-ring (bicyclic) bond motifs is 3. The second-order valence-corrected chi connectivity index (χ2v) is 9.09. The molecule has 2 aromatic carbocycles. The van der Waals surface area contributed by atoms with Gasteiger partial charge >= 0.3 is 0 Å². The first-order valence-corrected chi connectivity index (χ1v) is 11.1. The van der Waals surface area contributed by atoms with Crippen LogP contribution in [0.3, 0.4) is 0 Å². The number of aryl methyl sites for hydroxylation is 4. The number of rotatable bonds is 5. The quantitative estimate of drug-likeness (QED) is 0.394. The van der Waals surface area contributed by atoms with Crippen LogP contribution in [-0.4, -0.2) is 26.3 Å². The Morgan fingerprint density at radius 2 is 1.83 bits per heavy atom. The molecule has 0 atom stereocenters. The highest BCUT2D eigenvalue weighted by atomic mass is 35.5. The Morgan fingerprint density at radius 3 is 2.63 bits per heavy atom. The van der Waals surface area contributed by atoms with Crippen molar-refractivity contribution in [3.63, 3.8) is 0 Å². The van der Waals surface area contributed by atoms with Gasteiger partial charge in [-0.3, -0.25) is 9.20 Å². The molecule has 1 N–H and O–H groups in total. The summed E-state index contributed by atoms with van der Waals surface area (Å²) in [7, 11) is 0. The van der Waals surface area contributed by atoms with E-state index in [0.717, 1.165) is 27.6 Å². The summed E-state index contributed by atoms with van der Waals surface area (Å²) >= 11 is 7.57. The molecule has 0 saturated carbocycles. The molecule has 0 aliphatic carbocycles. The molecule has 0 bridgehead atoms. The molecule has 0 aliphatic heterocycles. The van der Waals surface area contributed by atoms with Crippen molar-refractivity contribution in [2.45, 2.75) is 39.3 Å². The van der Waals surface area contributed by atoms with Crippen LogP contribution in [0.25, 0.3) is 16.6 Å².